The molecule has 1 saturated carbocycles. The third-order valence-corrected chi connectivity index (χ3v) is 5.41. The lowest BCUT2D eigenvalue weighted by Gasteiger charge is -2.31. The van der Waals surface area contributed by atoms with Gasteiger partial charge >= 0.3 is 0 Å². The van der Waals surface area contributed by atoms with Gasteiger partial charge < -0.3 is 9.15 Å². The Morgan fingerprint density at radius 2 is 2.04 bits per heavy atom. The molecule has 6 heteroatoms. The van der Waals surface area contributed by atoms with Crippen molar-refractivity contribution in [3.63, 3.8) is 0 Å². The van der Waals surface area contributed by atoms with Crippen molar-refractivity contribution in [2.24, 2.45) is 5.92 Å². The first kappa shape index (κ1) is 16.5. The van der Waals surface area contributed by atoms with Gasteiger partial charge in [0.2, 0.25) is 5.88 Å². The highest BCUT2D eigenvalue weighted by atomic mass is 16.5. The van der Waals surface area contributed by atoms with E-state index in [4.69, 9.17) is 9.15 Å². The Morgan fingerprint density at radius 1 is 1.20 bits per heavy atom. The van der Waals surface area contributed by atoms with Gasteiger partial charge in [-0.3, -0.25) is 4.90 Å². The lowest BCUT2D eigenvalue weighted by molar-refractivity contribution is 0.133. The molecule has 0 atom stereocenters. The van der Waals surface area contributed by atoms with Gasteiger partial charge in [0.1, 0.15) is 12.6 Å². The summed E-state index contributed by atoms with van der Waals surface area (Å²) in [4.78, 5) is 15.5. The van der Waals surface area contributed by atoms with Gasteiger partial charge in [-0.1, -0.05) is 6.42 Å². The summed E-state index contributed by atoms with van der Waals surface area (Å²) in [7, 11) is 0. The molecule has 3 heterocycles. The SMILES string of the molecule is Cc1nc(CN2CCC(COc3cc(C4CCC4)ncn3)CC2)co1. The van der Waals surface area contributed by atoms with Crippen LogP contribution in [-0.4, -0.2) is 39.5 Å². The second-order valence-electron chi connectivity index (χ2n) is 7.30. The van der Waals surface area contributed by atoms with E-state index < -0.39 is 0 Å². The monoisotopic (exact) mass is 342 g/mol. The van der Waals surface area contributed by atoms with Gasteiger partial charge in [0.05, 0.1) is 18.0 Å². The molecule has 0 radical (unpaired) electrons. The van der Waals surface area contributed by atoms with Crippen molar-refractivity contribution in [1.29, 1.82) is 0 Å². The molecule has 0 aromatic carbocycles. The number of nitrogens with zero attached hydrogens (tertiary/aromatic N) is 4. The zero-order valence-corrected chi connectivity index (χ0v) is 14.9. The molecule has 0 amide bonds. The molecular weight excluding hydrogens is 316 g/mol. The Morgan fingerprint density at radius 3 is 2.72 bits per heavy atom. The molecule has 1 saturated heterocycles. The number of rotatable bonds is 6. The minimum Gasteiger partial charge on any atom is -0.477 e. The summed E-state index contributed by atoms with van der Waals surface area (Å²) < 4.78 is 11.2. The summed E-state index contributed by atoms with van der Waals surface area (Å²) in [6.45, 7) is 5.67. The summed E-state index contributed by atoms with van der Waals surface area (Å²) in [5.74, 6) is 2.69. The molecule has 2 aromatic rings. The number of hydrogen-bond donors (Lipinski definition) is 0. The van der Waals surface area contributed by atoms with Crippen LogP contribution in [0.4, 0.5) is 0 Å². The van der Waals surface area contributed by atoms with E-state index in [1.165, 1.54) is 19.3 Å². The van der Waals surface area contributed by atoms with Crippen molar-refractivity contribution in [3.8, 4) is 5.88 Å². The molecule has 2 aliphatic rings. The summed E-state index contributed by atoms with van der Waals surface area (Å²) in [5, 5.41) is 0. The molecule has 0 spiro atoms. The average molecular weight is 342 g/mol. The Labute approximate surface area is 148 Å². The van der Waals surface area contributed by atoms with E-state index in [-0.39, 0.29) is 0 Å². The first-order valence-corrected chi connectivity index (χ1v) is 9.34. The van der Waals surface area contributed by atoms with Crippen LogP contribution in [0.2, 0.25) is 0 Å². The van der Waals surface area contributed by atoms with Gasteiger partial charge in [0, 0.05) is 25.5 Å². The van der Waals surface area contributed by atoms with E-state index in [2.05, 4.69) is 19.9 Å². The standard InChI is InChI=1S/C19H26N4O2/c1-14-22-17(12-24-14)10-23-7-5-15(6-8-23)11-25-19-9-18(20-13-21-19)16-3-2-4-16/h9,12-13,15-16H,2-8,10-11H2,1H3. The molecule has 0 N–H and O–H groups in total. The van der Waals surface area contributed by atoms with E-state index >= 15 is 0 Å². The second-order valence-corrected chi connectivity index (χ2v) is 7.30. The number of hydrogen-bond acceptors (Lipinski definition) is 6. The molecule has 4 rings (SSSR count). The summed E-state index contributed by atoms with van der Waals surface area (Å²) in [6.07, 6.45) is 9.52. The van der Waals surface area contributed by atoms with Crippen LogP contribution in [0.1, 0.15) is 55.3 Å². The maximum Gasteiger partial charge on any atom is 0.216 e. The van der Waals surface area contributed by atoms with Gasteiger partial charge in [0.25, 0.3) is 0 Å². The topological polar surface area (TPSA) is 64.3 Å². The summed E-state index contributed by atoms with van der Waals surface area (Å²) in [6, 6.07) is 2.03. The maximum absolute atomic E-state index is 5.96. The predicted octanol–water partition coefficient (Wildman–Crippen LogP) is 3.33. The fourth-order valence-electron chi connectivity index (χ4n) is 3.58. The lowest BCUT2D eigenvalue weighted by atomic mass is 9.83. The number of oxazole rings is 1. The highest BCUT2D eigenvalue weighted by Gasteiger charge is 2.23. The predicted molar refractivity (Wildman–Crippen MR) is 93.4 cm³/mol. The molecular formula is C19H26N4O2. The number of ether oxygens (including phenoxy) is 1. The lowest BCUT2D eigenvalue weighted by Crippen LogP contribution is -2.35. The Kier molecular flexibility index (Phi) is 4.97. The average Bonchev–Trinajstić information content (AvgIpc) is 2.98. The van der Waals surface area contributed by atoms with Gasteiger partial charge in [0.15, 0.2) is 5.89 Å². The fraction of sp³-hybridized carbons (Fsp3) is 0.632. The molecule has 0 unspecified atom stereocenters. The number of aromatic nitrogens is 3. The third kappa shape index (κ3) is 4.18. The highest BCUT2D eigenvalue weighted by molar-refractivity contribution is 5.18. The molecule has 134 valence electrons. The van der Waals surface area contributed by atoms with Crippen molar-refractivity contribution < 1.29 is 9.15 Å². The molecule has 2 aromatic heterocycles. The van der Waals surface area contributed by atoms with Gasteiger partial charge in [-0.05, 0) is 44.7 Å². The van der Waals surface area contributed by atoms with Gasteiger partial charge in [-0.2, -0.15) is 0 Å². The molecule has 1 aliphatic carbocycles. The van der Waals surface area contributed by atoms with Crippen LogP contribution in [0, 0.1) is 12.8 Å². The van der Waals surface area contributed by atoms with E-state index in [0.717, 1.165) is 62.2 Å². The van der Waals surface area contributed by atoms with E-state index in [1.54, 1.807) is 12.6 Å². The number of piperidine rings is 1. The molecule has 6 nitrogen and oxygen atoms in total. The van der Waals surface area contributed by atoms with Crippen LogP contribution in [0.5, 0.6) is 5.88 Å². The van der Waals surface area contributed by atoms with Crippen molar-refractivity contribution in [2.45, 2.75) is 51.5 Å². The summed E-state index contributed by atoms with van der Waals surface area (Å²) >= 11 is 0. The summed E-state index contributed by atoms with van der Waals surface area (Å²) in [5.41, 5.74) is 2.17. The van der Waals surface area contributed by atoms with Crippen LogP contribution in [-0.2, 0) is 6.54 Å². The van der Waals surface area contributed by atoms with Crippen molar-refractivity contribution in [1.82, 2.24) is 19.9 Å². The van der Waals surface area contributed by atoms with E-state index in [9.17, 15) is 0 Å². The van der Waals surface area contributed by atoms with Crippen molar-refractivity contribution in [2.75, 3.05) is 19.7 Å². The molecule has 2 fully saturated rings. The Bertz CT molecular complexity index is 690. The van der Waals surface area contributed by atoms with Crippen molar-refractivity contribution >= 4 is 0 Å². The van der Waals surface area contributed by atoms with Crippen molar-refractivity contribution in [3.05, 3.63) is 35.9 Å². The number of aryl methyl sites for hydroxylation is 1. The largest absolute Gasteiger partial charge is 0.477 e. The quantitative estimate of drug-likeness (QED) is 0.802. The molecule has 25 heavy (non-hydrogen) atoms. The fourth-order valence-corrected chi connectivity index (χ4v) is 3.58. The van der Waals surface area contributed by atoms with Crippen LogP contribution in [0.3, 0.4) is 0 Å². The zero-order chi connectivity index (χ0) is 17.1. The smallest absolute Gasteiger partial charge is 0.216 e. The van der Waals surface area contributed by atoms with Gasteiger partial charge in [-0.15, -0.1) is 0 Å². The van der Waals surface area contributed by atoms with Crippen LogP contribution in [0.15, 0.2) is 23.1 Å². The molecule has 1 aliphatic heterocycles. The second kappa shape index (κ2) is 7.52. The van der Waals surface area contributed by atoms with Crippen LogP contribution >= 0.6 is 0 Å². The Balaban J connectivity index is 1.22. The highest BCUT2D eigenvalue weighted by Crippen LogP contribution is 2.35. The van der Waals surface area contributed by atoms with Gasteiger partial charge in [-0.25, -0.2) is 15.0 Å². The third-order valence-electron chi connectivity index (χ3n) is 5.41. The number of likely N-dealkylation sites (tertiary alicyclic amines) is 1. The van der Waals surface area contributed by atoms with Crippen LogP contribution in [0.25, 0.3) is 0 Å². The molecule has 0 bridgehead atoms. The van der Waals surface area contributed by atoms with E-state index in [1.807, 2.05) is 13.0 Å². The first-order chi connectivity index (χ1) is 12.3. The minimum absolute atomic E-state index is 0.595. The minimum atomic E-state index is 0.595. The first-order valence-electron chi connectivity index (χ1n) is 9.34. The van der Waals surface area contributed by atoms with Crippen LogP contribution < -0.4 is 4.74 Å². The Hall–Kier alpha value is -1.95. The normalized spacial score (nSPS) is 19.7. The zero-order valence-electron chi connectivity index (χ0n) is 14.9. The maximum atomic E-state index is 5.96. The van der Waals surface area contributed by atoms with E-state index in [0.29, 0.717) is 11.8 Å².